The largest absolute Gasteiger partial charge is 0.329 e. The molecule has 0 aliphatic heterocycles. The summed E-state index contributed by atoms with van der Waals surface area (Å²) in [4.78, 5) is 27.2. The van der Waals surface area contributed by atoms with E-state index in [9.17, 15) is 9.59 Å². The number of amides is 2. The van der Waals surface area contributed by atoms with Crippen molar-refractivity contribution in [1.29, 1.82) is 0 Å². The molecule has 22 heavy (non-hydrogen) atoms. The summed E-state index contributed by atoms with van der Waals surface area (Å²) in [5.74, 6) is -1.60. The lowest BCUT2D eigenvalue weighted by atomic mass is 10.1. The van der Waals surface area contributed by atoms with Gasteiger partial charge in [-0.15, -0.1) is 0 Å². The van der Waals surface area contributed by atoms with E-state index < -0.39 is 11.8 Å². The molecule has 0 saturated carbocycles. The molecular weight excluding hydrogens is 280 g/mol. The van der Waals surface area contributed by atoms with Crippen molar-refractivity contribution in [3.8, 4) is 0 Å². The lowest BCUT2D eigenvalue weighted by molar-refractivity contribution is -0.136. The zero-order valence-corrected chi connectivity index (χ0v) is 12.1. The molecule has 1 aromatic heterocycles. The molecule has 112 valence electrons. The average molecular weight is 296 g/mol. The maximum absolute atomic E-state index is 11.7. The molecule has 0 unspecified atom stereocenters. The van der Waals surface area contributed by atoms with Gasteiger partial charge in [0.05, 0.1) is 6.21 Å². The van der Waals surface area contributed by atoms with Gasteiger partial charge in [0.15, 0.2) is 0 Å². The Morgan fingerprint density at radius 3 is 2.41 bits per heavy atom. The third-order valence-electron chi connectivity index (χ3n) is 2.91. The fraction of sp³-hybridized carbons (Fsp3) is 0.125. The molecule has 0 aliphatic rings. The smallest absolute Gasteiger partial charge is 0.318 e. The van der Waals surface area contributed by atoms with Gasteiger partial charge in [-0.05, 0) is 41.8 Å². The zero-order chi connectivity index (χ0) is 15.8. The van der Waals surface area contributed by atoms with Crippen LogP contribution in [0.5, 0.6) is 0 Å². The number of nitrogens with zero attached hydrogens (tertiary/aromatic N) is 2. The van der Waals surface area contributed by atoms with E-state index in [1.54, 1.807) is 36.7 Å². The molecule has 0 fully saturated rings. The summed E-state index contributed by atoms with van der Waals surface area (Å²) >= 11 is 0. The van der Waals surface area contributed by atoms with E-state index in [0.29, 0.717) is 5.69 Å². The first-order chi connectivity index (χ1) is 10.7. The van der Waals surface area contributed by atoms with Crippen LogP contribution in [0.2, 0.25) is 0 Å². The number of nitrogens with one attached hydrogen (secondary N) is 2. The van der Waals surface area contributed by atoms with E-state index in [0.717, 1.165) is 17.5 Å². The predicted octanol–water partition coefficient (Wildman–Crippen LogP) is 1.73. The Balaban J connectivity index is 1.86. The van der Waals surface area contributed by atoms with Crippen molar-refractivity contribution in [3.63, 3.8) is 0 Å². The maximum Gasteiger partial charge on any atom is 0.329 e. The molecule has 2 rings (SSSR count). The van der Waals surface area contributed by atoms with Gasteiger partial charge in [0.25, 0.3) is 0 Å². The highest BCUT2D eigenvalue weighted by Gasteiger charge is 2.12. The van der Waals surface area contributed by atoms with E-state index in [-0.39, 0.29) is 0 Å². The number of aromatic nitrogens is 1. The molecular formula is C16H16N4O2. The lowest BCUT2D eigenvalue weighted by Crippen LogP contribution is -2.32. The summed E-state index contributed by atoms with van der Waals surface area (Å²) < 4.78 is 0. The Bertz CT molecular complexity index is 666. The van der Waals surface area contributed by atoms with Gasteiger partial charge < -0.3 is 5.32 Å². The van der Waals surface area contributed by atoms with E-state index >= 15 is 0 Å². The first-order valence-electron chi connectivity index (χ1n) is 6.82. The highest BCUT2D eigenvalue weighted by molar-refractivity contribution is 6.39. The first kappa shape index (κ1) is 15.4. The Labute approximate surface area is 128 Å². The number of rotatable bonds is 4. The van der Waals surface area contributed by atoms with Crippen molar-refractivity contribution in [3.05, 3.63) is 59.9 Å². The summed E-state index contributed by atoms with van der Waals surface area (Å²) in [5, 5.41) is 6.23. The molecule has 1 heterocycles. The fourth-order valence-electron chi connectivity index (χ4n) is 1.68. The minimum absolute atomic E-state index is 0.565. The van der Waals surface area contributed by atoms with Gasteiger partial charge in [-0.25, -0.2) is 5.43 Å². The third-order valence-corrected chi connectivity index (χ3v) is 2.91. The van der Waals surface area contributed by atoms with Gasteiger partial charge in [-0.1, -0.05) is 19.1 Å². The number of hydrogen-bond donors (Lipinski definition) is 2. The molecule has 0 radical (unpaired) electrons. The number of pyridine rings is 1. The summed E-state index contributed by atoms with van der Waals surface area (Å²) in [6, 6.07) is 10.8. The van der Waals surface area contributed by atoms with Crippen molar-refractivity contribution in [1.82, 2.24) is 10.4 Å². The highest BCUT2D eigenvalue weighted by atomic mass is 16.2. The van der Waals surface area contributed by atoms with Crippen LogP contribution in [0.25, 0.3) is 0 Å². The van der Waals surface area contributed by atoms with Crippen LogP contribution < -0.4 is 10.7 Å². The van der Waals surface area contributed by atoms with Crippen LogP contribution in [-0.4, -0.2) is 23.0 Å². The van der Waals surface area contributed by atoms with Gasteiger partial charge in [0.1, 0.15) is 0 Å². The molecule has 2 N–H and O–H groups in total. The van der Waals surface area contributed by atoms with E-state index in [1.807, 2.05) is 19.1 Å². The number of anilines is 1. The molecule has 1 aromatic carbocycles. The van der Waals surface area contributed by atoms with Gasteiger partial charge in [-0.2, -0.15) is 5.10 Å². The fourth-order valence-corrected chi connectivity index (χ4v) is 1.68. The molecule has 0 spiro atoms. The van der Waals surface area contributed by atoms with Gasteiger partial charge in [-0.3, -0.25) is 14.6 Å². The molecule has 0 bridgehead atoms. The number of aryl methyl sites for hydroxylation is 1. The number of hydrogen-bond acceptors (Lipinski definition) is 4. The SMILES string of the molecule is CCc1ccc(NC(=O)C(=O)N/N=C\c2ccncc2)cc1. The summed E-state index contributed by atoms with van der Waals surface area (Å²) in [6.45, 7) is 2.04. The van der Waals surface area contributed by atoms with E-state index in [2.05, 4.69) is 20.8 Å². The normalized spacial score (nSPS) is 10.4. The minimum Gasteiger partial charge on any atom is -0.318 e. The molecule has 0 saturated heterocycles. The summed E-state index contributed by atoms with van der Waals surface area (Å²) in [5.41, 5.74) is 4.66. The van der Waals surface area contributed by atoms with Crippen molar-refractivity contribution < 1.29 is 9.59 Å². The maximum atomic E-state index is 11.7. The molecule has 2 amide bonds. The minimum atomic E-state index is -0.829. The molecule has 6 nitrogen and oxygen atoms in total. The number of carbonyl (C=O) groups excluding carboxylic acids is 2. The second kappa shape index (κ2) is 7.68. The van der Waals surface area contributed by atoms with Crippen LogP contribution in [-0.2, 0) is 16.0 Å². The van der Waals surface area contributed by atoms with Crippen molar-refractivity contribution in [2.24, 2.45) is 5.10 Å². The predicted molar refractivity (Wildman–Crippen MR) is 84.4 cm³/mol. The van der Waals surface area contributed by atoms with E-state index in [1.165, 1.54) is 6.21 Å². The van der Waals surface area contributed by atoms with Crippen LogP contribution in [0.3, 0.4) is 0 Å². The molecule has 2 aromatic rings. The van der Waals surface area contributed by atoms with Gasteiger partial charge in [0, 0.05) is 18.1 Å². The number of hydrazone groups is 1. The van der Waals surface area contributed by atoms with Crippen molar-refractivity contribution in [2.45, 2.75) is 13.3 Å². The second-order valence-electron chi connectivity index (χ2n) is 4.48. The highest BCUT2D eigenvalue weighted by Crippen LogP contribution is 2.09. The van der Waals surface area contributed by atoms with Gasteiger partial charge >= 0.3 is 11.8 Å². The molecule has 0 atom stereocenters. The van der Waals surface area contributed by atoms with E-state index in [4.69, 9.17) is 0 Å². The molecule has 6 heteroatoms. The van der Waals surface area contributed by atoms with Crippen LogP contribution in [0.15, 0.2) is 53.9 Å². The first-order valence-corrected chi connectivity index (χ1v) is 6.82. The van der Waals surface area contributed by atoms with Crippen LogP contribution >= 0.6 is 0 Å². The topological polar surface area (TPSA) is 83.5 Å². The van der Waals surface area contributed by atoms with Crippen LogP contribution in [0.4, 0.5) is 5.69 Å². The summed E-state index contributed by atoms with van der Waals surface area (Å²) in [6.07, 6.45) is 5.56. The van der Waals surface area contributed by atoms with Crippen molar-refractivity contribution in [2.75, 3.05) is 5.32 Å². The Kier molecular flexibility index (Phi) is 5.37. The number of benzene rings is 1. The zero-order valence-electron chi connectivity index (χ0n) is 12.1. The summed E-state index contributed by atoms with van der Waals surface area (Å²) in [7, 11) is 0. The lowest BCUT2D eigenvalue weighted by Gasteiger charge is -2.04. The second-order valence-corrected chi connectivity index (χ2v) is 4.48. The Hall–Kier alpha value is -3.02. The Morgan fingerprint density at radius 2 is 1.77 bits per heavy atom. The van der Waals surface area contributed by atoms with Crippen LogP contribution in [0, 0.1) is 0 Å². The monoisotopic (exact) mass is 296 g/mol. The standard InChI is InChI=1S/C16H16N4O2/c1-2-12-3-5-14(6-4-12)19-15(21)16(22)20-18-11-13-7-9-17-10-8-13/h3-11H,2H2,1H3,(H,19,21)(H,20,22)/b18-11-. The Morgan fingerprint density at radius 1 is 1.09 bits per heavy atom. The van der Waals surface area contributed by atoms with Crippen molar-refractivity contribution >= 4 is 23.7 Å². The molecule has 0 aliphatic carbocycles. The third kappa shape index (κ3) is 4.52. The number of carbonyl (C=O) groups is 2. The van der Waals surface area contributed by atoms with Crippen LogP contribution in [0.1, 0.15) is 18.1 Å². The quantitative estimate of drug-likeness (QED) is 0.512. The average Bonchev–Trinajstić information content (AvgIpc) is 2.56. The van der Waals surface area contributed by atoms with Gasteiger partial charge in [0.2, 0.25) is 0 Å².